The Morgan fingerprint density at radius 3 is 2.94 bits per heavy atom. The molecule has 0 bridgehead atoms. The minimum Gasteiger partial charge on any atom is -0.466 e. The largest absolute Gasteiger partial charge is 0.466 e. The van der Waals surface area contributed by atoms with Gasteiger partial charge in [0.1, 0.15) is 0 Å². The lowest BCUT2D eigenvalue weighted by molar-refractivity contribution is -0.143. The van der Waals surface area contributed by atoms with Gasteiger partial charge in [0.2, 0.25) is 0 Å². The second kappa shape index (κ2) is 8.70. The van der Waals surface area contributed by atoms with Crippen LogP contribution in [0.4, 0.5) is 0 Å². The number of esters is 1. The molecular formula is C15H23NO2. The van der Waals surface area contributed by atoms with E-state index in [0.717, 1.165) is 25.9 Å². The van der Waals surface area contributed by atoms with Crippen molar-refractivity contribution >= 4 is 5.97 Å². The zero-order valence-electron chi connectivity index (χ0n) is 11.4. The van der Waals surface area contributed by atoms with E-state index < -0.39 is 0 Å². The second-order valence-corrected chi connectivity index (χ2v) is 4.49. The Bertz CT molecular complexity index is 363. The summed E-state index contributed by atoms with van der Waals surface area (Å²) in [5, 5.41) is 3.34. The van der Waals surface area contributed by atoms with Crippen LogP contribution < -0.4 is 5.32 Å². The molecule has 0 aliphatic heterocycles. The molecule has 100 valence electrons. The monoisotopic (exact) mass is 249 g/mol. The highest BCUT2D eigenvalue weighted by atomic mass is 16.5. The molecule has 0 fully saturated rings. The zero-order valence-corrected chi connectivity index (χ0v) is 11.4. The highest BCUT2D eigenvalue weighted by molar-refractivity contribution is 5.69. The lowest BCUT2D eigenvalue weighted by atomic mass is 10.1. The molecule has 0 atom stereocenters. The lowest BCUT2D eigenvalue weighted by Crippen LogP contribution is -2.17. The number of rotatable bonds is 8. The van der Waals surface area contributed by atoms with Crippen molar-refractivity contribution in [2.45, 2.75) is 39.7 Å². The first-order valence-corrected chi connectivity index (χ1v) is 6.64. The summed E-state index contributed by atoms with van der Waals surface area (Å²) in [6.45, 7) is 6.32. The summed E-state index contributed by atoms with van der Waals surface area (Å²) in [4.78, 5) is 11.1. The minimum atomic E-state index is -0.0869. The third-order valence-electron chi connectivity index (χ3n) is 2.63. The Kier molecular flexibility index (Phi) is 7.11. The fraction of sp³-hybridized carbons (Fsp3) is 0.533. The Morgan fingerprint density at radius 1 is 1.39 bits per heavy atom. The van der Waals surface area contributed by atoms with E-state index in [4.69, 9.17) is 4.74 Å². The molecule has 0 unspecified atom stereocenters. The van der Waals surface area contributed by atoms with Crippen molar-refractivity contribution in [1.82, 2.24) is 5.32 Å². The van der Waals surface area contributed by atoms with Crippen molar-refractivity contribution in [2.24, 2.45) is 0 Å². The van der Waals surface area contributed by atoms with Crippen LogP contribution in [0.5, 0.6) is 0 Å². The van der Waals surface area contributed by atoms with E-state index in [1.54, 1.807) is 0 Å². The quantitative estimate of drug-likeness (QED) is 0.568. The van der Waals surface area contributed by atoms with Gasteiger partial charge in [-0.15, -0.1) is 0 Å². The van der Waals surface area contributed by atoms with Gasteiger partial charge in [-0.1, -0.05) is 36.8 Å². The number of hydrogen-bond donors (Lipinski definition) is 1. The Labute approximate surface area is 110 Å². The summed E-state index contributed by atoms with van der Waals surface area (Å²) in [6.07, 6.45) is 2.24. The van der Waals surface area contributed by atoms with Crippen molar-refractivity contribution in [2.75, 3.05) is 13.2 Å². The first-order chi connectivity index (χ1) is 8.72. The van der Waals surface area contributed by atoms with Crippen LogP contribution in [0.2, 0.25) is 0 Å². The van der Waals surface area contributed by atoms with Crippen LogP contribution in [0.3, 0.4) is 0 Å². The molecule has 1 aromatic rings. The van der Waals surface area contributed by atoms with Crippen molar-refractivity contribution in [3.05, 3.63) is 35.4 Å². The maximum Gasteiger partial charge on any atom is 0.305 e. The topological polar surface area (TPSA) is 38.3 Å². The lowest BCUT2D eigenvalue weighted by Gasteiger charge is -2.06. The number of benzene rings is 1. The van der Waals surface area contributed by atoms with Gasteiger partial charge in [0, 0.05) is 13.0 Å². The number of carbonyl (C=O) groups excluding carboxylic acids is 1. The molecule has 0 aliphatic carbocycles. The molecule has 1 rings (SSSR count). The summed E-state index contributed by atoms with van der Waals surface area (Å²) in [5.74, 6) is -0.0869. The van der Waals surface area contributed by atoms with E-state index >= 15 is 0 Å². The maximum absolute atomic E-state index is 11.1. The molecule has 0 amide bonds. The van der Waals surface area contributed by atoms with Gasteiger partial charge in [-0.3, -0.25) is 4.79 Å². The molecule has 0 spiro atoms. The summed E-state index contributed by atoms with van der Waals surface area (Å²) in [6, 6.07) is 8.45. The van der Waals surface area contributed by atoms with Crippen LogP contribution in [-0.4, -0.2) is 19.1 Å². The molecule has 0 aromatic heterocycles. The highest BCUT2D eigenvalue weighted by Gasteiger charge is 1.99. The predicted octanol–water partition coefficient (Wildman–Crippen LogP) is 2.82. The fourth-order valence-corrected chi connectivity index (χ4v) is 1.71. The Balaban J connectivity index is 2.04. The van der Waals surface area contributed by atoms with Gasteiger partial charge in [0.15, 0.2) is 0 Å². The van der Waals surface area contributed by atoms with Gasteiger partial charge in [0.05, 0.1) is 6.61 Å². The summed E-state index contributed by atoms with van der Waals surface area (Å²) in [7, 11) is 0. The van der Waals surface area contributed by atoms with Crippen molar-refractivity contribution in [3.8, 4) is 0 Å². The summed E-state index contributed by atoms with van der Waals surface area (Å²) >= 11 is 0. The highest BCUT2D eigenvalue weighted by Crippen LogP contribution is 2.03. The van der Waals surface area contributed by atoms with E-state index in [9.17, 15) is 4.79 Å². The van der Waals surface area contributed by atoms with E-state index in [2.05, 4.69) is 36.5 Å². The van der Waals surface area contributed by atoms with Gasteiger partial charge in [-0.05, 0) is 31.9 Å². The molecule has 0 saturated heterocycles. The normalized spacial score (nSPS) is 10.3. The van der Waals surface area contributed by atoms with Crippen molar-refractivity contribution in [1.29, 1.82) is 0 Å². The van der Waals surface area contributed by atoms with Crippen LogP contribution in [0.15, 0.2) is 24.3 Å². The molecule has 0 saturated carbocycles. The van der Waals surface area contributed by atoms with Gasteiger partial charge in [-0.2, -0.15) is 0 Å². The molecule has 3 heteroatoms. The van der Waals surface area contributed by atoms with Crippen LogP contribution in [0.25, 0.3) is 0 Å². The van der Waals surface area contributed by atoms with Gasteiger partial charge < -0.3 is 10.1 Å². The van der Waals surface area contributed by atoms with Gasteiger partial charge >= 0.3 is 5.97 Å². The van der Waals surface area contributed by atoms with Crippen LogP contribution >= 0.6 is 0 Å². The minimum absolute atomic E-state index is 0.0869. The van der Waals surface area contributed by atoms with Crippen LogP contribution in [0, 0.1) is 6.92 Å². The predicted molar refractivity (Wildman–Crippen MR) is 73.4 cm³/mol. The smallest absolute Gasteiger partial charge is 0.305 e. The third kappa shape index (κ3) is 6.40. The number of nitrogens with one attached hydrogen (secondary N) is 1. The Morgan fingerprint density at radius 2 is 2.22 bits per heavy atom. The second-order valence-electron chi connectivity index (χ2n) is 4.49. The van der Waals surface area contributed by atoms with Crippen LogP contribution in [0.1, 0.15) is 37.3 Å². The number of hydrogen-bond acceptors (Lipinski definition) is 3. The van der Waals surface area contributed by atoms with Crippen molar-refractivity contribution < 1.29 is 9.53 Å². The molecule has 3 nitrogen and oxygen atoms in total. The first-order valence-electron chi connectivity index (χ1n) is 6.64. The molecule has 0 aliphatic rings. The van der Waals surface area contributed by atoms with Crippen LogP contribution in [-0.2, 0) is 16.1 Å². The van der Waals surface area contributed by atoms with E-state index in [-0.39, 0.29) is 5.97 Å². The molecular weight excluding hydrogens is 226 g/mol. The number of ether oxygens (including phenoxy) is 1. The zero-order chi connectivity index (χ0) is 13.2. The molecule has 18 heavy (non-hydrogen) atoms. The van der Waals surface area contributed by atoms with E-state index in [1.165, 1.54) is 11.1 Å². The number of aryl methyl sites for hydroxylation is 1. The van der Waals surface area contributed by atoms with Crippen molar-refractivity contribution in [3.63, 3.8) is 0 Å². The molecule has 1 aromatic carbocycles. The van der Waals surface area contributed by atoms with E-state index in [0.29, 0.717) is 13.0 Å². The third-order valence-corrected chi connectivity index (χ3v) is 2.63. The van der Waals surface area contributed by atoms with E-state index in [1.807, 2.05) is 6.92 Å². The molecule has 1 N–H and O–H groups in total. The fourth-order valence-electron chi connectivity index (χ4n) is 1.71. The summed E-state index contributed by atoms with van der Waals surface area (Å²) < 4.78 is 5.07. The van der Waals surface area contributed by atoms with Gasteiger partial charge in [-0.25, -0.2) is 0 Å². The average molecular weight is 249 g/mol. The SMILES string of the molecule is CCCC(=O)OCCCNCc1cccc(C)c1. The standard InChI is InChI=1S/C15H23NO2/c1-3-6-15(17)18-10-5-9-16-12-14-8-4-7-13(2)11-14/h4,7-8,11,16H,3,5-6,9-10,12H2,1-2H3. The summed E-state index contributed by atoms with van der Waals surface area (Å²) in [5.41, 5.74) is 2.57. The average Bonchev–Trinajstić information content (AvgIpc) is 2.34. The molecule has 0 radical (unpaired) electrons. The molecule has 0 heterocycles. The Hall–Kier alpha value is -1.35. The van der Waals surface area contributed by atoms with Gasteiger partial charge in [0.25, 0.3) is 0 Å². The number of carbonyl (C=O) groups is 1. The maximum atomic E-state index is 11.1. The first kappa shape index (κ1) is 14.7.